The SMILES string of the molecule is CC(N=C1NS(=O)(=O)C(c2ccc(C3CCN(C4CC4)CC3)cc2)C(C)(C)O1)c1ccccc1F. The number of ether oxygens (including phenoxy) is 1. The van der Waals surface area contributed by atoms with Crippen molar-refractivity contribution in [2.24, 2.45) is 4.99 Å². The van der Waals surface area contributed by atoms with Crippen molar-refractivity contribution in [3.05, 3.63) is 71.0 Å². The molecule has 5 rings (SSSR count). The second kappa shape index (κ2) is 9.21. The van der Waals surface area contributed by atoms with E-state index >= 15 is 0 Å². The molecular weight excluding hydrogens is 465 g/mol. The fourth-order valence-electron chi connectivity index (χ4n) is 5.55. The molecule has 2 aliphatic heterocycles. The van der Waals surface area contributed by atoms with Crippen LogP contribution in [0.15, 0.2) is 53.5 Å². The highest BCUT2D eigenvalue weighted by Gasteiger charge is 2.48. The quantitative estimate of drug-likeness (QED) is 0.625. The molecule has 2 saturated heterocycles. The van der Waals surface area contributed by atoms with Crippen molar-refractivity contribution < 1.29 is 17.5 Å². The molecule has 0 aromatic heterocycles. The van der Waals surface area contributed by atoms with Crippen molar-refractivity contribution in [2.45, 2.75) is 75.3 Å². The van der Waals surface area contributed by atoms with Gasteiger partial charge in [-0.2, -0.15) is 0 Å². The summed E-state index contributed by atoms with van der Waals surface area (Å²) in [6.45, 7) is 7.50. The van der Waals surface area contributed by atoms with Gasteiger partial charge < -0.3 is 9.64 Å². The van der Waals surface area contributed by atoms with Gasteiger partial charge in [0.25, 0.3) is 6.02 Å². The van der Waals surface area contributed by atoms with E-state index in [0.29, 0.717) is 17.0 Å². The van der Waals surface area contributed by atoms with Crippen molar-refractivity contribution >= 4 is 16.0 Å². The topological polar surface area (TPSA) is 71.0 Å². The molecule has 3 aliphatic rings. The third kappa shape index (κ3) is 5.09. The van der Waals surface area contributed by atoms with Gasteiger partial charge in [-0.15, -0.1) is 0 Å². The van der Waals surface area contributed by atoms with Gasteiger partial charge in [0.05, 0.1) is 6.04 Å². The number of hydrogen-bond donors (Lipinski definition) is 1. The third-order valence-corrected chi connectivity index (χ3v) is 9.42. The fraction of sp³-hybridized carbons (Fsp3) is 0.519. The molecule has 1 saturated carbocycles. The van der Waals surface area contributed by atoms with E-state index in [1.54, 1.807) is 39.0 Å². The average Bonchev–Trinajstić information content (AvgIpc) is 3.64. The number of likely N-dealkylation sites (tertiary alicyclic amines) is 1. The predicted molar refractivity (Wildman–Crippen MR) is 135 cm³/mol. The standard InChI is InChI=1S/C27H34FN3O3S/c1-18(23-6-4-5-7-24(23)28)29-26-30-35(32,33)25(27(2,3)34-26)21-10-8-19(9-11-21)20-14-16-31(17-15-20)22-12-13-22/h4-11,18,20,22,25H,12-17H2,1-3H3,(H,29,30). The molecule has 2 aromatic carbocycles. The minimum Gasteiger partial charge on any atom is -0.457 e. The summed E-state index contributed by atoms with van der Waals surface area (Å²) in [4.78, 5) is 6.95. The molecule has 0 spiro atoms. The number of rotatable bonds is 5. The maximum absolute atomic E-state index is 14.2. The first-order chi connectivity index (χ1) is 16.6. The molecule has 0 bridgehead atoms. The summed E-state index contributed by atoms with van der Waals surface area (Å²) < 4.78 is 49.3. The fourth-order valence-corrected chi connectivity index (χ4v) is 7.32. The van der Waals surface area contributed by atoms with Crippen molar-refractivity contribution in [1.29, 1.82) is 0 Å². The summed E-state index contributed by atoms with van der Waals surface area (Å²) in [5, 5.41) is -0.900. The van der Waals surface area contributed by atoms with E-state index in [2.05, 4.69) is 26.7 Å². The molecule has 35 heavy (non-hydrogen) atoms. The number of nitrogens with one attached hydrogen (secondary N) is 1. The Kier molecular flexibility index (Phi) is 6.38. The lowest BCUT2D eigenvalue weighted by atomic mass is 9.88. The Balaban J connectivity index is 1.32. The van der Waals surface area contributed by atoms with Gasteiger partial charge in [-0.3, -0.25) is 0 Å². The van der Waals surface area contributed by atoms with Crippen LogP contribution in [0.2, 0.25) is 0 Å². The number of halogens is 1. The van der Waals surface area contributed by atoms with Crippen LogP contribution >= 0.6 is 0 Å². The normalized spacial score (nSPS) is 26.6. The van der Waals surface area contributed by atoms with E-state index in [9.17, 15) is 12.8 Å². The van der Waals surface area contributed by atoms with Crippen LogP contribution in [-0.2, 0) is 14.8 Å². The van der Waals surface area contributed by atoms with Crippen LogP contribution < -0.4 is 4.72 Å². The molecule has 1 aliphatic carbocycles. The zero-order valence-electron chi connectivity index (χ0n) is 20.6. The van der Waals surface area contributed by atoms with Crippen molar-refractivity contribution in [2.75, 3.05) is 13.1 Å². The highest BCUT2D eigenvalue weighted by molar-refractivity contribution is 7.90. The van der Waals surface area contributed by atoms with Gasteiger partial charge in [-0.25, -0.2) is 22.5 Å². The molecular formula is C27H34FN3O3S. The lowest BCUT2D eigenvalue weighted by molar-refractivity contribution is 0.0761. The number of amidine groups is 1. The third-order valence-electron chi connectivity index (χ3n) is 7.50. The highest BCUT2D eigenvalue weighted by atomic mass is 32.2. The summed E-state index contributed by atoms with van der Waals surface area (Å²) in [5.41, 5.74) is 1.27. The van der Waals surface area contributed by atoms with Crippen LogP contribution in [0.5, 0.6) is 0 Å². The molecule has 1 N–H and O–H groups in total. The van der Waals surface area contributed by atoms with E-state index in [1.165, 1.54) is 24.5 Å². The minimum atomic E-state index is -3.83. The molecule has 2 atom stereocenters. The Labute approximate surface area is 207 Å². The van der Waals surface area contributed by atoms with Crippen LogP contribution in [0, 0.1) is 5.82 Å². The van der Waals surface area contributed by atoms with Crippen LogP contribution in [0.25, 0.3) is 0 Å². The Morgan fingerprint density at radius 2 is 1.66 bits per heavy atom. The molecule has 6 nitrogen and oxygen atoms in total. The van der Waals surface area contributed by atoms with Crippen LogP contribution in [0.3, 0.4) is 0 Å². The lowest BCUT2D eigenvalue weighted by Gasteiger charge is -2.39. The summed E-state index contributed by atoms with van der Waals surface area (Å²) >= 11 is 0. The Morgan fingerprint density at radius 1 is 1.03 bits per heavy atom. The van der Waals surface area contributed by atoms with Gasteiger partial charge in [0, 0.05) is 11.6 Å². The second-order valence-electron chi connectivity index (χ2n) is 10.6. The molecule has 0 radical (unpaired) electrons. The van der Waals surface area contributed by atoms with Gasteiger partial charge in [-0.1, -0.05) is 42.5 Å². The number of benzene rings is 2. The molecule has 2 aromatic rings. The number of hydrogen-bond acceptors (Lipinski definition) is 5. The maximum Gasteiger partial charge on any atom is 0.299 e. The van der Waals surface area contributed by atoms with Crippen LogP contribution in [0.1, 0.15) is 80.4 Å². The molecule has 188 valence electrons. The summed E-state index contributed by atoms with van der Waals surface area (Å²) in [6.07, 6.45) is 4.98. The molecule has 2 unspecified atom stereocenters. The summed E-state index contributed by atoms with van der Waals surface area (Å²) in [6, 6.07) is 14.4. The zero-order valence-corrected chi connectivity index (χ0v) is 21.4. The highest BCUT2D eigenvalue weighted by Crippen LogP contribution is 2.40. The molecule has 8 heteroatoms. The van der Waals surface area contributed by atoms with Crippen LogP contribution in [0.4, 0.5) is 4.39 Å². The Morgan fingerprint density at radius 3 is 2.26 bits per heavy atom. The number of aliphatic imine (C=N–C) groups is 1. The predicted octanol–water partition coefficient (Wildman–Crippen LogP) is 5.05. The van der Waals surface area contributed by atoms with Gasteiger partial charge in [0.15, 0.2) is 0 Å². The Hall–Kier alpha value is -2.45. The van der Waals surface area contributed by atoms with E-state index in [-0.39, 0.29) is 6.02 Å². The monoisotopic (exact) mass is 499 g/mol. The van der Waals surface area contributed by atoms with E-state index in [1.807, 2.05) is 12.1 Å². The van der Waals surface area contributed by atoms with E-state index < -0.39 is 32.7 Å². The van der Waals surface area contributed by atoms with Gasteiger partial charge >= 0.3 is 0 Å². The number of sulfonamides is 1. The van der Waals surface area contributed by atoms with E-state index in [0.717, 1.165) is 32.0 Å². The first-order valence-electron chi connectivity index (χ1n) is 12.5. The van der Waals surface area contributed by atoms with Crippen molar-refractivity contribution in [1.82, 2.24) is 9.62 Å². The largest absolute Gasteiger partial charge is 0.457 e. The van der Waals surface area contributed by atoms with Crippen molar-refractivity contribution in [3.63, 3.8) is 0 Å². The molecule has 2 heterocycles. The summed E-state index contributed by atoms with van der Waals surface area (Å²) in [7, 11) is -3.83. The second-order valence-corrected chi connectivity index (χ2v) is 12.3. The molecule has 0 amide bonds. The molecule has 3 fully saturated rings. The van der Waals surface area contributed by atoms with Gasteiger partial charge in [0.2, 0.25) is 10.0 Å². The van der Waals surface area contributed by atoms with Crippen LogP contribution in [-0.4, -0.2) is 44.1 Å². The smallest absolute Gasteiger partial charge is 0.299 e. The first kappa shape index (κ1) is 24.3. The first-order valence-corrected chi connectivity index (χ1v) is 14.1. The minimum absolute atomic E-state index is 0.110. The van der Waals surface area contributed by atoms with Gasteiger partial charge in [-0.05, 0) is 82.7 Å². The average molecular weight is 500 g/mol. The number of nitrogens with zero attached hydrogens (tertiary/aromatic N) is 2. The zero-order chi connectivity index (χ0) is 24.8. The number of piperidine rings is 1. The lowest BCUT2D eigenvalue weighted by Crippen LogP contribution is -2.53. The van der Waals surface area contributed by atoms with Crippen molar-refractivity contribution in [3.8, 4) is 0 Å². The summed E-state index contributed by atoms with van der Waals surface area (Å²) in [5.74, 6) is 0.126. The Bertz CT molecular complexity index is 1200. The van der Waals surface area contributed by atoms with E-state index in [4.69, 9.17) is 4.74 Å². The van der Waals surface area contributed by atoms with Gasteiger partial charge in [0.1, 0.15) is 16.7 Å². The maximum atomic E-state index is 14.2.